The van der Waals surface area contributed by atoms with Crippen molar-refractivity contribution >= 4 is 0 Å². The Morgan fingerprint density at radius 2 is 1.87 bits per heavy atom. The minimum absolute atomic E-state index is 0.214. The van der Waals surface area contributed by atoms with E-state index in [0.717, 1.165) is 32.1 Å². The maximum Gasteiger partial charge on any atom is 0.0639 e. The number of aliphatic hydroxyl groups excluding tert-OH is 1. The summed E-state index contributed by atoms with van der Waals surface area (Å²) in [5.74, 6) is 0.812. The van der Waals surface area contributed by atoms with Crippen molar-refractivity contribution in [3.63, 3.8) is 0 Å². The normalized spacial score (nSPS) is 21.2. The lowest BCUT2D eigenvalue weighted by Crippen LogP contribution is -2.42. The molecule has 0 aromatic heterocycles. The quantitative estimate of drug-likeness (QED) is 0.719. The van der Waals surface area contributed by atoms with Gasteiger partial charge < -0.3 is 10.4 Å². The fourth-order valence-corrected chi connectivity index (χ4v) is 2.23. The lowest BCUT2D eigenvalue weighted by atomic mass is 9.97. The number of nitrogens with one attached hydrogen (secondary N) is 1. The van der Waals surface area contributed by atoms with Gasteiger partial charge in [-0.25, -0.2) is 0 Å². The molecular weight excluding hydrogens is 188 g/mol. The Kier molecular flexibility index (Phi) is 5.58. The third-order valence-electron chi connectivity index (χ3n) is 3.18. The van der Waals surface area contributed by atoms with Gasteiger partial charge in [0.25, 0.3) is 0 Å². The van der Waals surface area contributed by atoms with E-state index in [1.165, 1.54) is 12.8 Å². The van der Waals surface area contributed by atoms with Crippen LogP contribution >= 0.6 is 0 Å². The van der Waals surface area contributed by atoms with Gasteiger partial charge in [0, 0.05) is 19.1 Å². The third kappa shape index (κ3) is 4.96. The average molecular weight is 214 g/mol. The van der Waals surface area contributed by atoms with Gasteiger partial charge in [-0.3, -0.25) is 4.90 Å². The highest BCUT2D eigenvalue weighted by atomic mass is 16.3. The molecule has 1 aliphatic rings. The Bertz CT molecular complexity index is 165. The van der Waals surface area contributed by atoms with Crippen molar-refractivity contribution in [1.82, 2.24) is 10.2 Å². The molecule has 0 aromatic rings. The van der Waals surface area contributed by atoms with E-state index in [9.17, 15) is 5.11 Å². The summed E-state index contributed by atoms with van der Waals surface area (Å²) in [5, 5.41) is 12.8. The molecule has 0 bridgehead atoms. The zero-order valence-electron chi connectivity index (χ0n) is 10.4. The number of piperidine rings is 1. The largest absolute Gasteiger partial charge is 0.392 e. The second-order valence-electron chi connectivity index (χ2n) is 5.09. The van der Waals surface area contributed by atoms with Crippen LogP contribution in [0.5, 0.6) is 0 Å². The summed E-state index contributed by atoms with van der Waals surface area (Å²) >= 11 is 0. The van der Waals surface area contributed by atoms with Crippen LogP contribution in [0.4, 0.5) is 0 Å². The number of aliphatic hydroxyl groups is 1. The first kappa shape index (κ1) is 12.9. The highest BCUT2D eigenvalue weighted by Crippen LogP contribution is 2.15. The maximum absolute atomic E-state index is 9.45. The van der Waals surface area contributed by atoms with Gasteiger partial charge in [-0.1, -0.05) is 0 Å². The molecule has 0 radical (unpaired) electrons. The predicted octanol–water partition coefficient (Wildman–Crippen LogP) is 1.08. The van der Waals surface area contributed by atoms with Crippen LogP contribution in [0.25, 0.3) is 0 Å². The molecule has 0 aromatic carbocycles. The molecule has 1 aliphatic heterocycles. The van der Waals surface area contributed by atoms with E-state index in [2.05, 4.69) is 24.1 Å². The van der Waals surface area contributed by atoms with Crippen molar-refractivity contribution in [2.75, 3.05) is 26.2 Å². The van der Waals surface area contributed by atoms with Crippen LogP contribution in [-0.4, -0.2) is 48.3 Å². The molecule has 0 unspecified atom stereocenters. The molecule has 2 N–H and O–H groups in total. The van der Waals surface area contributed by atoms with Gasteiger partial charge >= 0.3 is 0 Å². The predicted molar refractivity (Wildman–Crippen MR) is 64.0 cm³/mol. The zero-order chi connectivity index (χ0) is 11.3. The molecule has 0 amide bonds. The topological polar surface area (TPSA) is 35.5 Å². The fraction of sp³-hybridized carbons (Fsp3) is 1.00. The summed E-state index contributed by atoms with van der Waals surface area (Å²) in [6.07, 6.45) is 2.35. The van der Waals surface area contributed by atoms with Crippen molar-refractivity contribution in [1.29, 1.82) is 0 Å². The highest BCUT2D eigenvalue weighted by Gasteiger charge is 2.19. The van der Waals surface area contributed by atoms with Crippen LogP contribution in [0, 0.1) is 5.92 Å². The van der Waals surface area contributed by atoms with E-state index < -0.39 is 0 Å². The Morgan fingerprint density at radius 3 is 2.33 bits per heavy atom. The molecule has 1 rings (SSSR count). The molecule has 1 saturated heterocycles. The molecule has 90 valence electrons. The SMILES string of the molecule is CC(C)N(CC1CCNCC1)C[C@H](C)O. The van der Waals surface area contributed by atoms with Crippen molar-refractivity contribution in [2.24, 2.45) is 5.92 Å². The zero-order valence-corrected chi connectivity index (χ0v) is 10.4. The Hall–Kier alpha value is -0.120. The van der Waals surface area contributed by atoms with Gasteiger partial charge in [0.05, 0.1) is 6.10 Å². The van der Waals surface area contributed by atoms with Gasteiger partial charge in [0.2, 0.25) is 0 Å². The first-order valence-corrected chi connectivity index (χ1v) is 6.22. The third-order valence-corrected chi connectivity index (χ3v) is 3.18. The Balaban J connectivity index is 2.35. The highest BCUT2D eigenvalue weighted by molar-refractivity contribution is 4.75. The summed E-state index contributed by atoms with van der Waals surface area (Å²) in [6.45, 7) is 10.6. The lowest BCUT2D eigenvalue weighted by Gasteiger charge is -2.33. The van der Waals surface area contributed by atoms with Gasteiger partial charge in [-0.05, 0) is 52.6 Å². The molecule has 0 saturated carbocycles. The van der Waals surface area contributed by atoms with E-state index in [4.69, 9.17) is 0 Å². The fourth-order valence-electron chi connectivity index (χ4n) is 2.23. The van der Waals surface area contributed by atoms with Gasteiger partial charge in [-0.15, -0.1) is 0 Å². The first-order chi connectivity index (χ1) is 7.09. The van der Waals surface area contributed by atoms with Crippen LogP contribution in [0.15, 0.2) is 0 Å². The molecule has 1 atom stereocenters. The number of hydrogen-bond acceptors (Lipinski definition) is 3. The maximum atomic E-state index is 9.45. The number of rotatable bonds is 5. The Labute approximate surface area is 93.9 Å². The molecular formula is C12H26N2O. The standard InChI is InChI=1S/C12H26N2O/c1-10(2)14(8-11(3)15)9-12-4-6-13-7-5-12/h10-13,15H,4-9H2,1-3H3/t11-/m0/s1. The van der Waals surface area contributed by atoms with E-state index >= 15 is 0 Å². The van der Waals surface area contributed by atoms with E-state index in [0.29, 0.717) is 6.04 Å². The van der Waals surface area contributed by atoms with Crippen LogP contribution in [0.1, 0.15) is 33.6 Å². The lowest BCUT2D eigenvalue weighted by molar-refractivity contribution is 0.0900. The number of hydrogen-bond donors (Lipinski definition) is 2. The molecule has 15 heavy (non-hydrogen) atoms. The van der Waals surface area contributed by atoms with Crippen LogP contribution in [0.3, 0.4) is 0 Å². The molecule has 0 spiro atoms. The minimum Gasteiger partial charge on any atom is -0.392 e. The summed E-state index contributed by atoms with van der Waals surface area (Å²) in [5.41, 5.74) is 0. The Morgan fingerprint density at radius 1 is 1.27 bits per heavy atom. The second-order valence-corrected chi connectivity index (χ2v) is 5.09. The number of nitrogens with zero attached hydrogens (tertiary/aromatic N) is 1. The summed E-state index contributed by atoms with van der Waals surface area (Å²) in [4.78, 5) is 2.40. The molecule has 1 heterocycles. The summed E-state index contributed by atoms with van der Waals surface area (Å²) in [7, 11) is 0. The van der Waals surface area contributed by atoms with Crippen LogP contribution < -0.4 is 5.32 Å². The first-order valence-electron chi connectivity index (χ1n) is 6.22. The van der Waals surface area contributed by atoms with Crippen LogP contribution in [0.2, 0.25) is 0 Å². The van der Waals surface area contributed by atoms with Crippen molar-refractivity contribution in [3.05, 3.63) is 0 Å². The molecule has 0 aliphatic carbocycles. The molecule has 3 nitrogen and oxygen atoms in total. The smallest absolute Gasteiger partial charge is 0.0639 e. The molecule has 1 fully saturated rings. The van der Waals surface area contributed by atoms with Crippen molar-refractivity contribution in [2.45, 2.75) is 45.8 Å². The molecule has 3 heteroatoms. The van der Waals surface area contributed by atoms with Crippen LogP contribution in [-0.2, 0) is 0 Å². The summed E-state index contributed by atoms with van der Waals surface area (Å²) < 4.78 is 0. The van der Waals surface area contributed by atoms with Gasteiger partial charge in [0.1, 0.15) is 0 Å². The van der Waals surface area contributed by atoms with E-state index in [-0.39, 0.29) is 6.10 Å². The van der Waals surface area contributed by atoms with Crippen molar-refractivity contribution in [3.8, 4) is 0 Å². The van der Waals surface area contributed by atoms with Crippen molar-refractivity contribution < 1.29 is 5.11 Å². The second kappa shape index (κ2) is 6.46. The van der Waals surface area contributed by atoms with Gasteiger partial charge in [-0.2, -0.15) is 0 Å². The monoisotopic (exact) mass is 214 g/mol. The van der Waals surface area contributed by atoms with Gasteiger partial charge in [0.15, 0.2) is 0 Å². The summed E-state index contributed by atoms with van der Waals surface area (Å²) in [6, 6.07) is 0.537. The average Bonchev–Trinajstić information content (AvgIpc) is 2.17. The van der Waals surface area contributed by atoms with E-state index in [1.807, 2.05) is 6.92 Å². The van der Waals surface area contributed by atoms with E-state index in [1.54, 1.807) is 0 Å². The minimum atomic E-state index is -0.214.